The van der Waals surface area contributed by atoms with Crippen LogP contribution in [0.5, 0.6) is 0 Å². The van der Waals surface area contributed by atoms with E-state index in [4.69, 9.17) is 23.2 Å². The van der Waals surface area contributed by atoms with Gasteiger partial charge in [-0.15, -0.1) is 0 Å². The summed E-state index contributed by atoms with van der Waals surface area (Å²) in [5.74, 6) is -0.523. The van der Waals surface area contributed by atoms with Gasteiger partial charge < -0.3 is 10.6 Å². The lowest BCUT2D eigenvalue weighted by Crippen LogP contribution is -2.10. The van der Waals surface area contributed by atoms with Crippen molar-refractivity contribution in [2.45, 2.75) is 0 Å². The van der Waals surface area contributed by atoms with E-state index in [1.54, 1.807) is 36.4 Å². The smallest absolute Gasteiger partial charge is 0.248 e. The Hall–Kier alpha value is -3.86. The van der Waals surface area contributed by atoms with E-state index in [1.165, 1.54) is 12.2 Å². The number of hydrogen-bond donors (Lipinski definition) is 2. The molecular formula is C28H20Cl2N2O2. The summed E-state index contributed by atoms with van der Waals surface area (Å²) in [4.78, 5) is 25.0. The van der Waals surface area contributed by atoms with Crippen molar-refractivity contribution >= 4 is 69.3 Å². The lowest BCUT2D eigenvalue weighted by atomic mass is 10.1. The number of hydrogen-bond acceptors (Lipinski definition) is 2. The third-order valence-corrected chi connectivity index (χ3v) is 5.54. The molecule has 2 N–H and O–H groups in total. The number of halogens is 2. The van der Waals surface area contributed by atoms with E-state index in [1.807, 2.05) is 60.7 Å². The molecular weight excluding hydrogens is 467 g/mol. The van der Waals surface area contributed by atoms with E-state index in [0.717, 1.165) is 21.9 Å². The van der Waals surface area contributed by atoms with E-state index in [0.29, 0.717) is 21.4 Å². The van der Waals surface area contributed by atoms with Gasteiger partial charge in [0.25, 0.3) is 0 Å². The van der Waals surface area contributed by atoms with Crippen LogP contribution in [-0.4, -0.2) is 11.8 Å². The van der Waals surface area contributed by atoms with Crippen molar-refractivity contribution in [1.82, 2.24) is 0 Å². The Labute approximate surface area is 207 Å². The van der Waals surface area contributed by atoms with Crippen LogP contribution in [-0.2, 0) is 9.59 Å². The summed E-state index contributed by atoms with van der Waals surface area (Å²) < 4.78 is 0. The fraction of sp³-hybridized carbons (Fsp3) is 0. The second kappa shape index (κ2) is 10.8. The minimum atomic E-state index is -0.261. The third-order valence-electron chi connectivity index (χ3n) is 5.03. The number of rotatable bonds is 6. The minimum absolute atomic E-state index is 0.261. The molecule has 34 heavy (non-hydrogen) atoms. The van der Waals surface area contributed by atoms with E-state index >= 15 is 0 Å². The van der Waals surface area contributed by atoms with Crippen molar-refractivity contribution in [1.29, 1.82) is 0 Å². The van der Waals surface area contributed by atoms with Crippen LogP contribution in [0.1, 0.15) is 11.1 Å². The van der Waals surface area contributed by atoms with Gasteiger partial charge in [0, 0.05) is 44.3 Å². The molecule has 0 saturated heterocycles. The highest BCUT2D eigenvalue weighted by Gasteiger charge is 2.08. The van der Waals surface area contributed by atoms with Crippen molar-refractivity contribution in [3.05, 3.63) is 118 Å². The van der Waals surface area contributed by atoms with Crippen molar-refractivity contribution in [2.24, 2.45) is 0 Å². The maximum absolute atomic E-state index is 12.5. The van der Waals surface area contributed by atoms with Crippen LogP contribution in [0.3, 0.4) is 0 Å². The van der Waals surface area contributed by atoms with Gasteiger partial charge in [-0.25, -0.2) is 0 Å². The first-order chi connectivity index (χ1) is 16.5. The zero-order valence-electron chi connectivity index (χ0n) is 18.0. The molecule has 0 aromatic heterocycles. The molecule has 0 atom stereocenters. The largest absolute Gasteiger partial charge is 0.322 e. The number of nitrogens with one attached hydrogen (secondary N) is 2. The number of anilines is 2. The van der Waals surface area contributed by atoms with Crippen LogP contribution in [0.4, 0.5) is 11.4 Å². The van der Waals surface area contributed by atoms with E-state index in [2.05, 4.69) is 10.6 Å². The molecule has 6 heteroatoms. The highest BCUT2D eigenvalue weighted by molar-refractivity contribution is 6.30. The van der Waals surface area contributed by atoms with Gasteiger partial charge in [-0.05, 0) is 59.7 Å². The zero-order chi connectivity index (χ0) is 23.9. The summed E-state index contributed by atoms with van der Waals surface area (Å²) >= 11 is 11.8. The highest BCUT2D eigenvalue weighted by Crippen LogP contribution is 2.29. The number of benzene rings is 4. The second-order valence-corrected chi connectivity index (χ2v) is 8.33. The first kappa shape index (κ1) is 23.3. The predicted octanol–water partition coefficient (Wildman–Crippen LogP) is 7.45. The Kier molecular flexibility index (Phi) is 7.43. The van der Waals surface area contributed by atoms with Gasteiger partial charge in [-0.1, -0.05) is 71.7 Å². The Morgan fingerprint density at radius 1 is 0.559 bits per heavy atom. The normalized spacial score (nSPS) is 11.2. The second-order valence-electron chi connectivity index (χ2n) is 7.45. The lowest BCUT2D eigenvalue weighted by molar-refractivity contribution is -0.112. The van der Waals surface area contributed by atoms with Crippen molar-refractivity contribution in [2.75, 3.05) is 10.6 Å². The van der Waals surface area contributed by atoms with Crippen molar-refractivity contribution in [3.8, 4) is 0 Å². The number of carbonyl (C=O) groups excluding carboxylic acids is 2. The molecule has 168 valence electrons. The summed E-state index contributed by atoms with van der Waals surface area (Å²) in [6.45, 7) is 0. The standard InChI is InChI=1S/C28H20Cl2N2O2/c29-21-13-7-19(8-14-21)11-17-27(33)31-25-5-1-3-23-24(25)4-2-6-26(23)32-28(34)18-12-20-9-15-22(30)16-10-20/h1-18H,(H,31,33)(H,32,34)/b17-11+,18-12+. The molecule has 0 fully saturated rings. The Morgan fingerprint density at radius 2 is 0.941 bits per heavy atom. The summed E-state index contributed by atoms with van der Waals surface area (Å²) in [6.07, 6.45) is 6.37. The molecule has 0 aliphatic rings. The van der Waals surface area contributed by atoms with Gasteiger partial charge in [0.15, 0.2) is 0 Å². The topological polar surface area (TPSA) is 58.2 Å². The van der Waals surface area contributed by atoms with Gasteiger partial charge >= 0.3 is 0 Å². The molecule has 0 unspecified atom stereocenters. The summed E-state index contributed by atoms with van der Waals surface area (Å²) in [7, 11) is 0. The first-order valence-corrected chi connectivity index (χ1v) is 11.2. The number of amides is 2. The molecule has 0 radical (unpaired) electrons. The molecule has 0 spiro atoms. The van der Waals surface area contributed by atoms with Gasteiger partial charge in [0.05, 0.1) is 0 Å². The third kappa shape index (κ3) is 6.13. The Morgan fingerprint density at radius 3 is 1.32 bits per heavy atom. The van der Waals surface area contributed by atoms with Crippen LogP contribution >= 0.6 is 23.2 Å². The maximum atomic E-state index is 12.5. The van der Waals surface area contributed by atoms with E-state index in [9.17, 15) is 9.59 Å². The summed E-state index contributed by atoms with van der Waals surface area (Å²) in [6, 6.07) is 25.5. The average molecular weight is 487 g/mol. The molecule has 4 nitrogen and oxygen atoms in total. The van der Waals surface area contributed by atoms with Gasteiger partial charge in [-0.2, -0.15) is 0 Å². The molecule has 0 heterocycles. The average Bonchev–Trinajstić information content (AvgIpc) is 2.84. The predicted molar refractivity (Wildman–Crippen MR) is 142 cm³/mol. The number of fused-ring (bicyclic) bond motifs is 1. The van der Waals surface area contributed by atoms with Gasteiger partial charge in [0.1, 0.15) is 0 Å². The Bertz CT molecular complexity index is 1280. The maximum Gasteiger partial charge on any atom is 0.248 e. The van der Waals surface area contributed by atoms with Crippen LogP contribution in [0.15, 0.2) is 97.1 Å². The van der Waals surface area contributed by atoms with Crippen LogP contribution in [0.2, 0.25) is 10.0 Å². The Balaban J connectivity index is 1.49. The molecule has 4 aromatic carbocycles. The minimum Gasteiger partial charge on any atom is -0.322 e. The van der Waals surface area contributed by atoms with Crippen molar-refractivity contribution < 1.29 is 9.59 Å². The lowest BCUT2D eigenvalue weighted by Gasteiger charge is -2.11. The molecule has 2 amide bonds. The van der Waals surface area contributed by atoms with Gasteiger partial charge in [0.2, 0.25) is 11.8 Å². The van der Waals surface area contributed by atoms with Crippen molar-refractivity contribution in [3.63, 3.8) is 0 Å². The van der Waals surface area contributed by atoms with E-state index in [-0.39, 0.29) is 11.8 Å². The summed E-state index contributed by atoms with van der Waals surface area (Å²) in [5, 5.41) is 8.73. The van der Waals surface area contributed by atoms with Crippen LogP contribution in [0.25, 0.3) is 22.9 Å². The number of carbonyl (C=O) groups is 2. The quantitative estimate of drug-likeness (QED) is 0.278. The highest BCUT2D eigenvalue weighted by atomic mass is 35.5. The molecule has 0 aliphatic carbocycles. The molecule has 4 rings (SSSR count). The molecule has 4 aromatic rings. The molecule has 0 bridgehead atoms. The van der Waals surface area contributed by atoms with Crippen LogP contribution in [0, 0.1) is 0 Å². The molecule has 0 aliphatic heterocycles. The fourth-order valence-corrected chi connectivity index (χ4v) is 3.62. The first-order valence-electron chi connectivity index (χ1n) is 10.5. The van der Waals surface area contributed by atoms with E-state index < -0.39 is 0 Å². The summed E-state index contributed by atoms with van der Waals surface area (Å²) in [5.41, 5.74) is 3.04. The SMILES string of the molecule is O=C(/C=C/c1ccc(Cl)cc1)Nc1cccc2c(NC(=O)/C=C/c3ccc(Cl)cc3)cccc12. The zero-order valence-corrected chi connectivity index (χ0v) is 19.5. The monoisotopic (exact) mass is 486 g/mol. The fourth-order valence-electron chi connectivity index (χ4n) is 3.37. The van der Waals surface area contributed by atoms with Crippen LogP contribution < -0.4 is 10.6 Å². The molecule has 0 saturated carbocycles. The van der Waals surface area contributed by atoms with Gasteiger partial charge in [-0.3, -0.25) is 9.59 Å².